The SMILES string of the molecule is C=CCN1C(=O)C(OP2(=O)OCCN2C)SC1=NN=C1SCC(=O)N1C. The molecule has 3 fully saturated rings. The molecular weight excluding hydrogens is 401 g/mol. The van der Waals surface area contributed by atoms with Crippen LogP contribution in [-0.4, -0.2) is 81.6 Å². The van der Waals surface area contributed by atoms with Crippen molar-refractivity contribution in [2.45, 2.75) is 5.44 Å². The highest BCUT2D eigenvalue weighted by Gasteiger charge is 2.46. The molecule has 2 atom stereocenters. The first-order chi connectivity index (χ1) is 12.4. The number of rotatable bonds is 5. The molecule has 3 aliphatic rings. The van der Waals surface area contributed by atoms with Gasteiger partial charge in [0.05, 0.1) is 12.4 Å². The zero-order chi connectivity index (χ0) is 18.9. The molecule has 0 spiro atoms. The summed E-state index contributed by atoms with van der Waals surface area (Å²) < 4.78 is 24.8. The highest BCUT2D eigenvalue weighted by molar-refractivity contribution is 8.15. The van der Waals surface area contributed by atoms with Crippen molar-refractivity contribution in [2.24, 2.45) is 10.2 Å². The number of carbonyl (C=O) groups excluding carboxylic acids is 2. The molecule has 0 N–H and O–H groups in total. The summed E-state index contributed by atoms with van der Waals surface area (Å²) in [4.78, 5) is 26.9. The van der Waals surface area contributed by atoms with E-state index in [-0.39, 0.29) is 24.2 Å². The van der Waals surface area contributed by atoms with Gasteiger partial charge >= 0.3 is 7.75 Å². The van der Waals surface area contributed by atoms with E-state index >= 15 is 0 Å². The second-order valence-corrected chi connectivity index (χ2v) is 9.54. The van der Waals surface area contributed by atoms with Gasteiger partial charge in [0, 0.05) is 20.1 Å². The van der Waals surface area contributed by atoms with Gasteiger partial charge in [-0.2, -0.15) is 0 Å². The van der Waals surface area contributed by atoms with E-state index < -0.39 is 19.1 Å². The van der Waals surface area contributed by atoms with Gasteiger partial charge in [0.2, 0.25) is 5.91 Å². The first-order valence-corrected chi connectivity index (χ1v) is 11.0. The highest BCUT2D eigenvalue weighted by atomic mass is 32.2. The number of carbonyl (C=O) groups is 2. The van der Waals surface area contributed by atoms with Crippen LogP contribution in [0.1, 0.15) is 0 Å². The number of amidine groups is 2. The predicted molar refractivity (Wildman–Crippen MR) is 101 cm³/mol. The van der Waals surface area contributed by atoms with E-state index in [9.17, 15) is 14.2 Å². The molecule has 13 heteroatoms. The van der Waals surface area contributed by atoms with Crippen molar-refractivity contribution in [3.8, 4) is 0 Å². The number of hydrogen-bond donors (Lipinski definition) is 0. The molecule has 3 rings (SSSR count). The van der Waals surface area contributed by atoms with Gasteiger partial charge in [-0.1, -0.05) is 17.8 Å². The fraction of sp³-hybridized carbons (Fsp3) is 0.538. The Hall–Kier alpha value is -1.17. The lowest BCUT2D eigenvalue weighted by molar-refractivity contribution is -0.130. The maximum Gasteiger partial charge on any atom is 0.409 e. The van der Waals surface area contributed by atoms with Crippen LogP contribution in [0.2, 0.25) is 0 Å². The molecular formula is C13H18N5O5PS2. The molecule has 26 heavy (non-hydrogen) atoms. The molecule has 2 amide bonds. The first-order valence-electron chi connectivity index (χ1n) is 7.64. The molecule has 0 aromatic rings. The predicted octanol–water partition coefficient (Wildman–Crippen LogP) is 0.993. The molecule has 0 aromatic carbocycles. The Morgan fingerprint density at radius 1 is 1.38 bits per heavy atom. The third-order valence-corrected chi connectivity index (χ3v) is 7.94. The second-order valence-electron chi connectivity index (χ2n) is 5.48. The molecule has 142 valence electrons. The monoisotopic (exact) mass is 419 g/mol. The van der Waals surface area contributed by atoms with Crippen LogP contribution in [-0.2, 0) is 23.2 Å². The molecule has 3 saturated heterocycles. The van der Waals surface area contributed by atoms with Gasteiger partial charge < -0.3 is 0 Å². The lowest BCUT2D eigenvalue weighted by atomic mass is 10.5. The Bertz CT molecular complexity index is 744. The zero-order valence-corrected chi connectivity index (χ0v) is 16.8. The van der Waals surface area contributed by atoms with Gasteiger partial charge in [0.15, 0.2) is 15.8 Å². The molecule has 0 radical (unpaired) electrons. The Balaban J connectivity index is 1.79. The van der Waals surface area contributed by atoms with Gasteiger partial charge in [-0.05, 0) is 18.8 Å². The standard InChI is InChI=1S/C13H18N5O5PS2/c1-4-5-18-10(20)11(23-24(21)16(2)6-7-22-24)26-13(18)15-14-12-17(3)9(19)8-25-12/h4,11H,1,5-8H2,2-3H3. The maximum absolute atomic E-state index is 12.6. The van der Waals surface area contributed by atoms with Crippen LogP contribution >= 0.6 is 31.3 Å². The van der Waals surface area contributed by atoms with Crippen molar-refractivity contribution < 1.29 is 23.2 Å². The van der Waals surface area contributed by atoms with Gasteiger partial charge in [-0.15, -0.1) is 16.8 Å². The van der Waals surface area contributed by atoms with Crippen LogP contribution in [0.4, 0.5) is 0 Å². The summed E-state index contributed by atoms with van der Waals surface area (Å²) in [5, 5.41) is 8.89. The maximum atomic E-state index is 12.6. The second kappa shape index (κ2) is 7.83. The average Bonchev–Trinajstić information content (AvgIpc) is 3.20. The summed E-state index contributed by atoms with van der Waals surface area (Å²) in [6.45, 7) is 4.58. The van der Waals surface area contributed by atoms with E-state index in [1.54, 1.807) is 20.2 Å². The van der Waals surface area contributed by atoms with Crippen molar-refractivity contribution in [3.63, 3.8) is 0 Å². The van der Waals surface area contributed by atoms with E-state index in [0.717, 1.165) is 11.8 Å². The summed E-state index contributed by atoms with van der Waals surface area (Å²) >= 11 is 2.27. The Labute approximate surface area is 159 Å². The van der Waals surface area contributed by atoms with E-state index in [0.29, 0.717) is 17.5 Å². The molecule has 3 heterocycles. The summed E-state index contributed by atoms with van der Waals surface area (Å²) in [6.07, 6.45) is 1.55. The lowest BCUT2D eigenvalue weighted by Crippen LogP contribution is -2.33. The summed E-state index contributed by atoms with van der Waals surface area (Å²) in [6, 6.07) is 0. The van der Waals surface area contributed by atoms with Crippen LogP contribution in [0.3, 0.4) is 0 Å². The smallest absolute Gasteiger partial charge is 0.295 e. The highest BCUT2D eigenvalue weighted by Crippen LogP contribution is 2.57. The topological polar surface area (TPSA) is 104 Å². The molecule has 0 bridgehead atoms. The summed E-state index contributed by atoms with van der Waals surface area (Å²) in [7, 11) is -0.259. The third kappa shape index (κ3) is 3.75. The fourth-order valence-corrected chi connectivity index (χ4v) is 5.75. The van der Waals surface area contributed by atoms with Crippen molar-refractivity contribution >= 4 is 53.4 Å². The normalized spacial score (nSPS) is 33.2. The fourth-order valence-electron chi connectivity index (χ4n) is 2.22. The first kappa shape index (κ1) is 19.6. The van der Waals surface area contributed by atoms with Crippen LogP contribution in [0.15, 0.2) is 22.9 Å². The zero-order valence-electron chi connectivity index (χ0n) is 14.2. The van der Waals surface area contributed by atoms with Gasteiger partial charge in [0.1, 0.15) is 0 Å². The molecule has 2 unspecified atom stereocenters. The van der Waals surface area contributed by atoms with E-state index in [4.69, 9.17) is 9.05 Å². The van der Waals surface area contributed by atoms with Crippen molar-refractivity contribution in [2.75, 3.05) is 39.5 Å². The largest absolute Gasteiger partial charge is 0.409 e. The third-order valence-electron chi connectivity index (χ3n) is 3.75. The van der Waals surface area contributed by atoms with Crippen molar-refractivity contribution in [1.29, 1.82) is 0 Å². The van der Waals surface area contributed by atoms with Gasteiger partial charge in [-0.25, -0.2) is 9.24 Å². The molecule has 3 aliphatic heterocycles. The number of amides is 2. The Morgan fingerprint density at radius 2 is 2.12 bits per heavy atom. The molecule has 0 saturated carbocycles. The van der Waals surface area contributed by atoms with Crippen LogP contribution < -0.4 is 0 Å². The minimum Gasteiger partial charge on any atom is -0.295 e. The molecule has 10 nitrogen and oxygen atoms in total. The number of hydrogen-bond acceptors (Lipinski definition) is 9. The summed E-state index contributed by atoms with van der Waals surface area (Å²) in [5.41, 5.74) is -1.05. The quantitative estimate of drug-likeness (QED) is 0.369. The summed E-state index contributed by atoms with van der Waals surface area (Å²) in [5.74, 6) is -0.162. The van der Waals surface area contributed by atoms with Crippen LogP contribution in [0, 0.1) is 0 Å². The van der Waals surface area contributed by atoms with Gasteiger partial charge in [-0.3, -0.25) is 28.4 Å². The van der Waals surface area contributed by atoms with Crippen LogP contribution in [0.25, 0.3) is 0 Å². The number of nitrogens with zero attached hydrogens (tertiary/aromatic N) is 5. The van der Waals surface area contributed by atoms with Crippen molar-refractivity contribution in [3.05, 3.63) is 12.7 Å². The van der Waals surface area contributed by atoms with E-state index in [2.05, 4.69) is 16.8 Å². The Morgan fingerprint density at radius 3 is 2.69 bits per heavy atom. The average molecular weight is 419 g/mol. The molecule has 0 aromatic heterocycles. The van der Waals surface area contributed by atoms with E-state index in [1.165, 1.54) is 26.2 Å². The minimum absolute atomic E-state index is 0.0622. The number of likely N-dealkylation sites (N-methyl/N-ethyl adjacent to an activating group) is 1. The molecule has 0 aliphatic carbocycles. The van der Waals surface area contributed by atoms with E-state index in [1.807, 2.05) is 0 Å². The van der Waals surface area contributed by atoms with Crippen LogP contribution in [0.5, 0.6) is 0 Å². The number of thioether (sulfide) groups is 2. The van der Waals surface area contributed by atoms with Crippen molar-refractivity contribution in [1.82, 2.24) is 14.5 Å². The van der Waals surface area contributed by atoms with Gasteiger partial charge in [0.25, 0.3) is 5.91 Å². The Kier molecular flexibility index (Phi) is 5.90. The minimum atomic E-state index is -3.49. The lowest BCUT2D eigenvalue weighted by Gasteiger charge is -2.20.